The minimum Gasteiger partial charge on any atom is -0.373 e. The summed E-state index contributed by atoms with van der Waals surface area (Å²) in [4.78, 5) is 0. The number of hydrogen-bond donors (Lipinski definition) is 0. The molecule has 0 aliphatic carbocycles. The first-order valence-corrected chi connectivity index (χ1v) is 4.94. The fraction of sp³-hybridized carbons (Fsp3) is 0.500. The normalized spacial score (nSPS) is 20.3. The Kier molecular flexibility index (Phi) is 2.36. The summed E-state index contributed by atoms with van der Waals surface area (Å²) in [6.45, 7) is 5.36. The maximum Gasteiger partial charge on any atom is 0.0813 e. The Morgan fingerprint density at radius 3 is 2.46 bits per heavy atom. The van der Waals surface area contributed by atoms with Crippen LogP contribution in [0.4, 0.5) is 0 Å². The van der Waals surface area contributed by atoms with Crippen LogP contribution >= 0.6 is 0 Å². The van der Waals surface area contributed by atoms with E-state index in [1.165, 1.54) is 29.5 Å². The molecule has 1 unspecified atom stereocenters. The van der Waals surface area contributed by atoms with E-state index in [-0.39, 0.29) is 0 Å². The maximum absolute atomic E-state index is 5.21. The SMILES string of the molecule is Cc1cccc(C)c1CCC1CO1. The lowest BCUT2D eigenvalue weighted by Crippen LogP contribution is -1.96. The molecular formula is C12H16O. The van der Waals surface area contributed by atoms with Crippen LogP contribution < -0.4 is 0 Å². The van der Waals surface area contributed by atoms with Crippen LogP contribution in [0, 0.1) is 13.8 Å². The summed E-state index contributed by atoms with van der Waals surface area (Å²) in [5.74, 6) is 0. The van der Waals surface area contributed by atoms with Crippen molar-refractivity contribution in [2.45, 2.75) is 32.8 Å². The third-order valence-corrected chi connectivity index (χ3v) is 2.76. The number of rotatable bonds is 3. The molecule has 0 amide bonds. The van der Waals surface area contributed by atoms with Crippen molar-refractivity contribution in [2.75, 3.05) is 6.61 Å². The molecule has 0 saturated carbocycles. The monoisotopic (exact) mass is 176 g/mol. The van der Waals surface area contributed by atoms with Gasteiger partial charge in [0.2, 0.25) is 0 Å². The van der Waals surface area contributed by atoms with Crippen molar-refractivity contribution >= 4 is 0 Å². The summed E-state index contributed by atoms with van der Waals surface area (Å²) < 4.78 is 5.21. The molecule has 1 saturated heterocycles. The van der Waals surface area contributed by atoms with E-state index < -0.39 is 0 Å². The van der Waals surface area contributed by atoms with E-state index in [9.17, 15) is 0 Å². The van der Waals surface area contributed by atoms with Crippen LogP contribution in [0.2, 0.25) is 0 Å². The second-order valence-corrected chi connectivity index (χ2v) is 3.86. The zero-order valence-corrected chi connectivity index (χ0v) is 8.34. The van der Waals surface area contributed by atoms with Gasteiger partial charge in [0, 0.05) is 0 Å². The molecule has 1 aliphatic heterocycles. The number of hydrogen-bond acceptors (Lipinski definition) is 1. The Hall–Kier alpha value is -0.820. The van der Waals surface area contributed by atoms with Crippen molar-refractivity contribution in [1.29, 1.82) is 0 Å². The van der Waals surface area contributed by atoms with Crippen molar-refractivity contribution in [3.05, 3.63) is 34.9 Å². The Morgan fingerprint density at radius 1 is 1.31 bits per heavy atom. The molecule has 70 valence electrons. The van der Waals surface area contributed by atoms with Gasteiger partial charge in [0.15, 0.2) is 0 Å². The van der Waals surface area contributed by atoms with Crippen molar-refractivity contribution in [1.82, 2.24) is 0 Å². The van der Waals surface area contributed by atoms with Crippen molar-refractivity contribution in [3.63, 3.8) is 0 Å². The van der Waals surface area contributed by atoms with E-state index in [0.717, 1.165) is 6.61 Å². The lowest BCUT2D eigenvalue weighted by Gasteiger charge is -2.07. The number of aryl methyl sites for hydroxylation is 2. The second kappa shape index (κ2) is 3.51. The first kappa shape index (κ1) is 8.76. The molecule has 1 aliphatic rings. The van der Waals surface area contributed by atoms with Gasteiger partial charge in [0.05, 0.1) is 12.7 Å². The van der Waals surface area contributed by atoms with Crippen LogP contribution in [0.25, 0.3) is 0 Å². The molecule has 0 N–H and O–H groups in total. The van der Waals surface area contributed by atoms with Gasteiger partial charge in [-0.15, -0.1) is 0 Å². The molecule has 1 nitrogen and oxygen atoms in total. The zero-order chi connectivity index (χ0) is 9.26. The molecule has 13 heavy (non-hydrogen) atoms. The fourth-order valence-corrected chi connectivity index (χ4v) is 1.78. The Balaban J connectivity index is 2.07. The number of epoxide rings is 1. The predicted octanol–water partition coefficient (Wildman–Crippen LogP) is 2.63. The van der Waals surface area contributed by atoms with E-state index in [0.29, 0.717) is 6.10 Å². The Bertz CT molecular complexity index is 280. The summed E-state index contributed by atoms with van der Waals surface area (Å²) in [5, 5.41) is 0. The van der Waals surface area contributed by atoms with E-state index in [1.807, 2.05) is 0 Å². The minimum atomic E-state index is 0.555. The van der Waals surface area contributed by atoms with Gasteiger partial charge in [0.1, 0.15) is 0 Å². The number of benzene rings is 1. The highest BCUT2D eigenvalue weighted by Gasteiger charge is 2.22. The molecule has 1 atom stereocenters. The highest BCUT2D eigenvalue weighted by molar-refractivity contribution is 5.33. The van der Waals surface area contributed by atoms with E-state index in [1.54, 1.807) is 0 Å². The maximum atomic E-state index is 5.21. The molecule has 2 rings (SSSR count). The average molecular weight is 176 g/mol. The van der Waals surface area contributed by atoms with Crippen LogP contribution in [0.1, 0.15) is 23.1 Å². The van der Waals surface area contributed by atoms with Crippen LogP contribution in [0.15, 0.2) is 18.2 Å². The molecule has 1 aromatic carbocycles. The quantitative estimate of drug-likeness (QED) is 0.645. The standard InChI is InChI=1S/C12H16O/c1-9-4-3-5-10(2)12(9)7-6-11-8-13-11/h3-5,11H,6-8H2,1-2H3. The van der Waals surface area contributed by atoms with Gasteiger partial charge in [-0.1, -0.05) is 18.2 Å². The van der Waals surface area contributed by atoms with Crippen LogP contribution in [-0.4, -0.2) is 12.7 Å². The molecule has 0 radical (unpaired) electrons. The van der Waals surface area contributed by atoms with E-state index >= 15 is 0 Å². The van der Waals surface area contributed by atoms with Crippen LogP contribution in [0.3, 0.4) is 0 Å². The van der Waals surface area contributed by atoms with Gasteiger partial charge in [0.25, 0.3) is 0 Å². The third kappa shape index (κ3) is 2.10. The highest BCUT2D eigenvalue weighted by atomic mass is 16.6. The van der Waals surface area contributed by atoms with Gasteiger partial charge < -0.3 is 4.74 Å². The third-order valence-electron chi connectivity index (χ3n) is 2.76. The second-order valence-electron chi connectivity index (χ2n) is 3.86. The van der Waals surface area contributed by atoms with Gasteiger partial charge >= 0.3 is 0 Å². The molecule has 1 heterocycles. The predicted molar refractivity (Wildman–Crippen MR) is 54.0 cm³/mol. The lowest BCUT2D eigenvalue weighted by molar-refractivity contribution is 0.396. The molecule has 1 heteroatoms. The first-order valence-electron chi connectivity index (χ1n) is 4.94. The molecule has 0 aromatic heterocycles. The van der Waals surface area contributed by atoms with Crippen LogP contribution in [0.5, 0.6) is 0 Å². The highest BCUT2D eigenvalue weighted by Crippen LogP contribution is 2.20. The average Bonchev–Trinajstić information content (AvgIpc) is 2.87. The molecule has 1 aromatic rings. The summed E-state index contributed by atoms with van der Waals surface area (Å²) in [5.41, 5.74) is 4.35. The van der Waals surface area contributed by atoms with Crippen molar-refractivity contribution < 1.29 is 4.74 Å². The topological polar surface area (TPSA) is 12.5 Å². The Labute approximate surface area is 79.7 Å². The van der Waals surface area contributed by atoms with Crippen molar-refractivity contribution in [2.24, 2.45) is 0 Å². The van der Waals surface area contributed by atoms with Crippen LogP contribution in [-0.2, 0) is 11.2 Å². The summed E-state index contributed by atoms with van der Waals surface area (Å²) in [6, 6.07) is 6.51. The summed E-state index contributed by atoms with van der Waals surface area (Å²) in [6.07, 6.45) is 2.91. The van der Waals surface area contributed by atoms with Gasteiger partial charge in [-0.25, -0.2) is 0 Å². The first-order chi connectivity index (χ1) is 6.27. The smallest absolute Gasteiger partial charge is 0.0813 e. The molecule has 0 spiro atoms. The van der Waals surface area contributed by atoms with E-state index in [4.69, 9.17) is 4.74 Å². The Morgan fingerprint density at radius 2 is 1.92 bits per heavy atom. The summed E-state index contributed by atoms with van der Waals surface area (Å²) >= 11 is 0. The van der Waals surface area contributed by atoms with Gasteiger partial charge in [-0.05, 0) is 43.4 Å². The van der Waals surface area contributed by atoms with E-state index in [2.05, 4.69) is 32.0 Å². The van der Waals surface area contributed by atoms with Crippen molar-refractivity contribution in [3.8, 4) is 0 Å². The lowest BCUT2D eigenvalue weighted by atomic mass is 9.98. The number of ether oxygens (including phenoxy) is 1. The largest absolute Gasteiger partial charge is 0.373 e. The minimum absolute atomic E-state index is 0.555. The van der Waals surface area contributed by atoms with Gasteiger partial charge in [-0.3, -0.25) is 0 Å². The molecule has 1 fully saturated rings. The van der Waals surface area contributed by atoms with Gasteiger partial charge in [-0.2, -0.15) is 0 Å². The fourth-order valence-electron chi connectivity index (χ4n) is 1.78. The summed E-state index contributed by atoms with van der Waals surface area (Å²) in [7, 11) is 0. The zero-order valence-electron chi connectivity index (χ0n) is 8.34. The molecular weight excluding hydrogens is 160 g/mol. The molecule has 0 bridgehead atoms.